The monoisotopic (exact) mass is 384 g/mol. The van der Waals surface area contributed by atoms with E-state index in [4.69, 9.17) is 18.1 Å². The molecule has 5 atom stereocenters. The summed E-state index contributed by atoms with van der Waals surface area (Å²) in [6, 6.07) is 0. The van der Waals surface area contributed by atoms with Gasteiger partial charge in [-0.25, -0.2) is 0 Å². The van der Waals surface area contributed by atoms with E-state index in [0.717, 1.165) is 25.7 Å². The number of rotatable bonds is 13. The second-order valence-corrected chi connectivity index (χ2v) is 7.25. The van der Waals surface area contributed by atoms with Gasteiger partial charge in [0.05, 0.1) is 11.8 Å². The average Bonchev–Trinajstić information content (AvgIpc) is 3.02. The molecule has 0 bridgehead atoms. The fraction of sp³-hybridized carbons (Fsp3) is 0.773. The molecule has 0 spiro atoms. The quantitative estimate of drug-likeness (QED) is 0.212. The first-order valence-electron chi connectivity index (χ1n) is 13.0. The summed E-state index contributed by atoms with van der Waals surface area (Å²) in [5.41, 5.74) is 0. The Morgan fingerprint density at radius 1 is 1.00 bits per heavy atom. The summed E-state index contributed by atoms with van der Waals surface area (Å²) in [4.78, 5) is 35.4. The largest absolute Gasteiger partial charge is 0.481 e. The lowest BCUT2D eigenvalue weighted by Crippen LogP contribution is -2.33. The normalized spacial score (nSPS) is 32.3. The first kappa shape index (κ1) is 14.4. The number of hydrogen-bond acceptors (Lipinski definition) is 4. The number of ether oxygens (including phenoxy) is 1. The van der Waals surface area contributed by atoms with Gasteiger partial charge in [0.1, 0.15) is 0 Å². The second kappa shape index (κ2) is 11.3. The van der Waals surface area contributed by atoms with Crippen molar-refractivity contribution in [2.45, 2.75) is 83.8 Å². The molecule has 1 saturated heterocycles. The van der Waals surface area contributed by atoms with Crippen LogP contribution in [0.4, 0.5) is 0 Å². The van der Waals surface area contributed by atoms with Crippen LogP contribution in [0.3, 0.4) is 0 Å². The summed E-state index contributed by atoms with van der Waals surface area (Å²) in [6.07, 6.45) is 1.85. The number of esters is 2. The summed E-state index contributed by atoms with van der Waals surface area (Å²) in [5.74, 6) is -4.58. The van der Waals surface area contributed by atoms with E-state index in [1.54, 1.807) is 6.08 Å². The van der Waals surface area contributed by atoms with Gasteiger partial charge in [0.2, 0.25) is 0 Å². The SMILES string of the molecule is [2H]CC([2H])CC([2H])([2H])C([2H])([2H])CC1C=CC(CCCCCCCC(=O)O)C2C(=O)OC(=O)C12. The number of carbonyl (C=O) groups excluding carboxylic acids is 2. The van der Waals surface area contributed by atoms with Crippen LogP contribution < -0.4 is 0 Å². The third kappa shape index (κ3) is 6.47. The van der Waals surface area contributed by atoms with Gasteiger partial charge in [0.15, 0.2) is 0 Å². The second-order valence-electron chi connectivity index (χ2n) is 7.25. The minimum absolute atomic E-state index is 0.154. The highest BCUT2D eigenvalue weighted by molar-refractivity contribution is 5.97. The predicted molar refractivity (Wildman–Crippen MR) is 103 cm³/mol. The molecular formula is C22H34O5. The van der Waals surface area contributed by atoms with E-state index in [9.17, 15) is 14.4 Å². The smallest absolute Gasteiger partial charge is 0.318 e. The lowest BCUT2D eigenvalue weighted by molar-refractivity contribution is -0.154. The van der Waals surface area contributed by atoms with Crippen molar-refractivity contribution in [1.29, 1.82) is 0 Å². The van der Waals surface area contributed by atoms with Gasteiger partial charge >= 0.3 is 17.9 Å². The number of cyclic esters (lactones) is 2. The predicted octanol–water partition coefficient (Wildman–Crippen LogP) is 4.89. The van der Waals surface area contributed by atoms with Crippen molar-refractivity contribution in [3.63, 3.8) is 0 Å². The molecule has 1 heterocycles. The number of carboxylic acid groups (broad SMARTS) is 1. The molecule has 0 radical (unpaired) electrons. The van der Waals surface area contributed by atoms with Crippen molar-refractivity contribution in [3.05, 3.63) is 12.2 Å². The Balaban J connectivity index is 2.01. The molecule has 0 saturated carbocycles. The van der Waals surface area contributed by atoms with Gasteiger partial charge in [-0.05, 0) is 31.1 Å². The van der Waals surface area contributed by atoms with Crippen LogP contribution in [0.15, 0.2) is 12.2 Å². The molecule has 2 rings (SSSR count). The van der Waals surface area contributed by atoms with E-state index in [2.05, 4.69) is 0 Å². The fourth-order valence-corrected chi connectivity index (χ4v) is 3.93. The van der Waals surface area contributed by atoms with Crippen LogP contribution in [0.2, 0.25) is 0 Å². The molecule has 1 N–H and O–H groups in total. The van der Waals surface area contributed by atoms with Crippen LogP contribution in [0.1, 0.15) is 92.1 Å². The molecule has 152 valence electrons. The zero-order valence-corrected chi connectivity index (χ0v) is 15.7. The van der Waals surface area contributed by atoms with E-state index in [0.29, 0.717) is 12.8 Å². The Morgan fingerprint density at radius 2 is 1.63 bits per heavy atom. The molecule has 5 nitrogen and oxygen atoms in total. The summed E-state index contributed by atoms with van der Waals surface area (Å²) >= 11 is 0. The highest BCUT2D eigenvalue weighted by Gasteiger charge is 2.51. The van der Waals surface area contributed by atoms with Gasteiger partial charge in [-0.3, -0.25) is 14.4 Å². The number of fused-ring (bicyclic) bond motifs is 1. The molecule has 0 aromatic heterocycles. The number of hydrogen-bond donors (Lipinski definition) is 1. The molecule has 1 aliphatic carbocycles. The van der Waals surface area contributed by atoms with Crippen molar-refractivity contribution >= 4 is 17.9 Å². The van der Waals surface area contributed by atoms with E-state index in [1.807, 2.05) is 6.08 Å². The van der Waals surface area contributed by atoms with Crippen LogP contribution in [0.25, 0.3) is 0 Å². The minimum Gasteiger partial charge on any atom is -0.481 e. The standard InChI is InChI=1S/C22H34O5/c1-2-3-4-8-11-16-14-15-17(20-19(16)21(25)27-22(20)26)12-9-6-5-7-10-13-18(23)24/h14-17,19-20H,2-13H2,1H3,(H,23,24)/i1D,2D,4D2,8D2. The molecule has 1 aliphatic heterocycles. The lowest BCUT2D eigenvalue weighted by atomic mass is 9.69. The first-order valence-corrected chi connectivity index (χ1v) is 9.77. The maximum absolute atomic E-state index is 12.4. The third-order valence-corrected chi connectivity index (χ3v) is 5.30. The molecule has 2 aliphatic rings. The Kier molecular flexibility index (Phi) is 5.99. The van der Waals surface area contributed by atoms with Crippen molar-refractivity contribution < 1.29 is 32.5 Å². The number of aliphatic carboxylic acids is 1. The minimum atomic E-state index is -2.35. The zero-order valence-electron chi connectivity index (χ0n) is 21.7. The van der Waals surface area contributed by atoms with Crippen LogP contribution in [-0.2, 0) is 19.1 Å². The number of carboxylic acids is 1. The topological polar surface area (TPSA) is 80.7 Å². The van der Waals surface area contributed by atoms with Crippen LogP contribution in [-0.4, -0.2) is 23.0 Å². The van der Waals surface area contributed by atoms with E-state index in [-0.39, 0.29) is 25.7 Å². The van der Waals surface area contributed by atoms with E-state index >= 15 is 0 Å². The third-order valence-electron chi connectivity index (χ3n) is 5.30. The van der Waals surface area contributed by atoms with Gasteiger partial charge in [0.25, 0.3) is 0 Å². The number of unbranched alkanes of at least 4 members (excludes halogenated alkanes) is 4. The molecule has 0 amide bonds. The Labute approximate surface area is 171 Å². The van der Waals surface area contributed by atoms with Gasteiger partial charge in [-0.15, -0.1) is 0 Å². The van der Waals surface area contributed by atoms with Crippen LogP contribution in [0.5, 0.6) is 0 Å². The molecule has 0 aromatic rings. The van der Waals surface area contributed by atoms with E-state index in [1.165, 1.54) is 0 Å². The molecule has 5 unspecified atom stereocenters. The van der Waals surface area contributed by atoms with Crippen molar-refractivity contribution in [1.82, 2.24) is 0 Å². The van der Waals surface area contributed by atoms with Crippen LogP contribution in [0, 0.1) is 23.7 Å². The van der Waals surface area contributed by atoms with Crippen molar-refractivity contribution in [2.24, 2.45) is 23.7 Å². The van der Waals surface area contributed by atoms with Crippen molar-refractivity contribution in [2.75, 3.05) is 0 Å². The zero-order chi connectivity index (χ0) is 24.8. The Hall–Kier alpha value is -1.65. The Morgan fingerprint density at radius 3 is 2.30 bits per heavy atom. The highest BCUT2D eigenvalue weighted by atomic mass is 16.6. The Bertz CT molecular complexity index is 741. The molecule has 27 heavy (non-hydrogen) atoms. The van der Waals surface area contributed by atoms with Gasteiger partial charge < -0.3 is 9.84 Å². The maximum atomic E-state index is 12.4. The molecule has 1 fully saturated rings. The average molecular weight is 385 g/mol. The highest BCUT2D eigenvalue weighted by Crippen LogP contribution is 2.44. The van der Waals surface area contributed by atoms with Crippen molar-refractivity contribution in [3.8, 4) is 0 Å². The summed E-state index contributed by atoms with van der Waals surface area (Å²) < 4.78 is 52.7. The number of allylic oxidation sites excluding steroid dienone is 2. The molecule has 5 heteroatoms. The maximum Gasteiger partial charge on any atom is 0.318 e. The van der Waals surface area contributed by atoms with Crippen LogP contribution >= 0.6 is 0 Å². The summed E-state index contributed by atoms with van der Waals surface area (Å²) in [5, 5.41) is 8.67. The van der Waals surface area contributed by atoms with E-state index < -0.39 is 61.2 Å². The summed E-state index contributed by atoms with van der Waals surface area (Å²) in [6.45, 7) is -0.328. The molecule has 0 aromatic carbocycles. The van der Waals surface area contributed by atoms with Gasteiger partial charge in [-0.2, -0.15) is 0 Å². The van der Waals surface area contributed by atoms with Gasteiger partial charge in [-0.1, -0.05) is 70.3 Å². The fourth-order valence-electron chi connectivity index (χ4n) is 3.93. The lowest BCUT2D eigenvalue weighted by Gasteiger charge is -2.31. The summed E-state index contributed by atoms with van der Waals surface area (Å²) in [7, 11) is 0. The molecular weight excluding hydrogens is 344 g/mol. The first-order chi connectivity index (χ1) is 15.4. The van der Waals surface area contributed by atoms with Gasteiger partial charge in [0, 0.05) is 14.6 Å². The number of carbonyl (C=O) groups is 3.